The molecule has 0 fully saturated rings. The van der Waals surface area contributed by atoms with E-state index in [-0.39, 0.29) is 5.78 Å². The van der Waals surface area contributed by atoms with Crippen molar-refractivity contribution < 1.29 is 4.79 Å². The third kappa shape index (κ3) is 3.41. The van der Waals surface area contributed by atoms with E-state index in [4.69, 9.17) is 0 Å². The molecular formula is C14H14N2O. The molecule has 3 nitrogen and oxygen atoms in total. The van der Waals surface area contributed by atoms with Crippen LogP contribution in [0.1, 0.15) is 5.56 Å². The molecule has 86 valence electrons. The molecule has 0 radical (unpaired) electrons. The summed E-state index contributed by atoms with van der Waals surface area (Å²) in [5, 5.41) is 6.25. The van der Waals surface area contributed by atoms with Gasteiger partial charge in [-0.05, 0) is 29.9 Å². The van der Waals surface area contributed by atoms with Gasteiger partial charge in [0.05, 0.1) is 12.3 Å². The van der Waals surface area contributed by atoms with Crippen LogP contribution < -0.4 is 0 Å². The number of carbonyl (C=O) groups excluding carboxylic acids is 1. The van der Waals surface area contributed by atoms with Gasteiger partial charge in [0, 0.05) is 7.05 Å². The molecule has 0 unspecified atom stereocenters. The van der Waals surface area contributed by atoms with Crippen LogP contribution in [0.4, 0.5) is 0 Å². The van der Waals surface area contributed by atoms with Gasteiger partial charge < -0.3 is 0 Å². The highest BCUT2D eigenvalue weighted by Gasteiger charge is 2.01. The fourth-order valence-electron chi connectivity index (χ4n) is 1.59. The fraction of sp³-hybridized carbons (Fsp3) is 0.143. The summed E-state index contributed by atoms with van der Waals surface area (Å²) in [7, 11) is 1.91. The molecule has 0 atom stereocenters. The number of ketones is 1. The number of allylic oxidation sites excluding steroid dienone is 4. The summed E-state index contributed by atoms with van der Waals surface area (Å²) in [6.45, 7) is 0.750. The number of hydrogen-bond acceptors (Lipinski definition) is 3. The first-order valence-corrected chi connectivity index (χ1v) is 5.48. The van der Waals surface area contributed by atoms with Crippen molar-refractivity contribution >= 4 is 11.5 Å². The van der Waals surface area contributed by atoms with Gasteiger partial charge in [0.25, 0.3) is 0 Å². The van der Waals surface area contributed by atoms with Crippen LogP contribution in [0.15, 0.2) is 59.7 Å². The molecule has 17 heavy (non-hydrogen) atoms. The molecule has 1 aliphatic carbocycles. The van der Waals surface area contributed by atoms with Gasteiger partial charge in [-0.3, -0.25) is 9.80 Å². The molecule has 1 aromatic rings. The van der Waals surface area contributed by atoms with Crippen LogP contribution in [0.2, 0.25) is 0 Å². The average Bonchev–Trinajstić information content (AvgIpc) is 2.33. The van der Waals surface area contributed by atoms with E-state index in [1.54, 1.807) is 12.2 Å². The lowest BCUT2D eigenvalue weighted by Crippen LogP contribution is -2.13. The van der Waals surface area contributed by atoms with Crippen LogP contribution in [-0.2, 0) is 11.3 Å². The number of nitrogens with zero attached hydrogens (tertiary/aromatic N) is 2. The fourth-order valence-corrected chi connectivity index (χ4v) is 1.59. The van der Waals surface area contributed by atoms with Crippen molar-refractivity contribution in [3.8, 4) is 0 Å². The summed E-state index contributed by atoms with van der Waals surface area (Å²) >= 11 is 0. The van der Waals surface area contributed by atoms with Gasteiger partial charge >= 0.3 is 0 Å². The van der Waals surface area contributed by atoms with Crippen LogP contribution in [0.5, 0.6) is 0 Å². The lowest BCUT2D eigenvalue weighted by molar-refractivity contribution is -0.110. The summed E-state index contributed by atoms with van der Waals surface area (Å²) in [5.41, 5.74) is 2.00. The van der Waals surface area contributed by atoms with E-state index in [0.29, 0.717) is 0 Å². The Kier molecular flexibility index (Phi) is 3.50. The van der Waals surface area contributed by atoms with Crippen LogP contribution in [-0.4, -0.2) is 23.6 Å². The molecule has 0 aromatic heterocycles. The van der Waals surface area contributed by atoms with Crippen molar-refractivity contribution in [2.24, 2.45) is 5.10 Å². The molecule has 0 bridgehead atoms. The maximum atomic E-state index is 10.9. The number of hydrogen-bond donors (Lipinski definition) is 0. The topological polar surface area (TPSA) is 32.7 Å². The van der Waals surface area contributed by atoms with Crippen molar-refractivity contribution in [3.05, 3.63) is 60.2 Å². The minimum absolute atomic E-state index is 0.00895. The summed E-state index contributed by atoms with van der Waals surface area (Å²) in [5.74, 6) is 0.00895. The smallest absolute Gasteiger partial charge is 0.178 e. The molecule has 0 aliphatic heterocycles. The Morgan fingerprint density at radius 2 is 1.71 bits per heavy atom. The highest BCUT2D eigenvalue weighted by atomic mass is 16.1. The zero-order valence-corrected chi connectivity index (χ0v) is 9.71. The number of carbonyl (C=O) groups is 1. The molecule has 0 spiro atoms. The maximum Gasteiger partial charge on any atom is 0.178 e. The van der Waals surface area contributed by atoms with Crippen LogP contribution in [0, 0.1) is 0 Å². The normalized spacial score (nSPS) is 13.9. The van der Waals surface area contributed by atoms with E-state index >= 15 is 0 Å². The first kappa shape index (κ1) is 11.3. The molecule has 0 heterocycles. The van der Waals surface area contributed by atoms with E-state index in [2.05, 4.69) is 17.2 Å². The van der Waals surface area contributed by atoms with Gasteiger partial charge in [-0.2, -0.15) is 5.10 Å². The van der Waals surface area contributed by atoms with Crippen molar-refractivity contribution in [1.29, 1.82) is 0 Å². The predicted molar refractivity (Wildman–Crippen MR) is 68.6 cm³/mol. The number of rotatable bonds is 3. The molecule has 0 saturated heterocycles. The Balaban J connectivity index is 2.00. The van der Waals surface area contributed by atoms with E-state index in [1.165, 1.54) is 17.7 Å². The summed E-state index contributed by atoms with van der Waals surface area (Å²) in [4.78, 5) is 10.9. The van der Waals surface area contributed by atoms with E-state index < -0.39 is 0 Å². The molecule has 1 aromatic carbocycles. The predicted octanol–water partition coefficient (Wildman–Crippen LogP) is 2.17. The third-order valence-corrected chi connectivity index (χ3v) is 2.38. The van der Waals surface area contributed by atoms with Gasteiger partial charge in [-0.15, -0.1) is 0 Å². The van der Waals surface area contributed by atoms with Crippen molar-refractivity contribution in [2.75, 3.05) is 7.05 Å². The lowest BCUT2D eigenvalue weighted by atomic mass is 10.2. The van der Waals surface area contributed by atoms with Gasteiger partial charge in [0.15, 0.2) is 5.78 Å². The van der Waals surface area contributed by atoms with Crippen molar-refractivity contribution in [1.82, 2.24) is 5.01 Å². The zero-order valence-electron chi connectivity index (χ0n) is 9.71. The number of benzene rings is 1. The molecule has 1 aliphatic rings. The Bertz CT molecular complexity index is 468. The summed E-state index contributed by atoms with van der Waals surface area (Å²) in [6.07, 6.45) is 6.50. The Morgan fingerprint density at radius 3 is 2.35 bits per heavy atom. The Morgan fingerprint density at radius 1 is 1.06 bits per heavy atom. The summed E-state index contributed by atoms with van der Waals surface area (Å²) in [6, 6.07) is 10.1. The molecule has 0 N–H and O–H groups in total. The van der Waals surface area contributed by atoms with Gasteiger partial charge in [-0.25, -0.2) is 0 Å². The number of hydrazone groups is 1. The molecular weight excluding hydrogens is 212 g/mol. The van der Waals surface area contributed by atoms with E-state index in [0.717, 1.165) is 12.3 Å². The largest absolute Gasteiger partial charge is 0.295 e. The lowest BCUT2D eigenvalue weighted by Gasteiger charge is -2.14. The molecule has 0 saturated carbocycles. The standard InChI is InChI=1S/C14H14N2O/c1-16(11-12-5-3-2-4-6-12)15-13-7-9-14(17)10-8-13/h2-10H,11H2,1H3. The van der Waals surface area contributed by atoms with E-state index in [9.17, 15) is 4.79 Å². The van der Waals surface area contributed by atoms with Gasteiger partial charge in [0.2, 0.25) is 0 Å². The second-order valence-corrected chi connectivity index (χ2v) is 3.90. The van der Waals surface area contributed by atoms with E-state index in [1.807, 2.05) is 30.3 Å². The van der Waals surface area contributed by atoms with Crippen LogP contribution >= 0.6 is 0 Å². The first-order chi connectivity index (χ1) is 8.24. The highest BCUT2D eigenvalue weighted by molar-refractivity contribution is 6.16. The van der Waals surface area contributed by atoms with Crippen molar-refractivity contribution in [3.63, 3.8) is 0 Å². The quantitative estimate of drug-likeness (QED) is 0.584. The minimum Gasteiger partial charge on any atom is -0.295 e. The van der Waals surface area contributed by atoms with Gasteiger partial charge in [0.1, 0.15) is 0 Å². The SMILES string of the molecule is CN(Cc1ccccc1)N=C1C=CC(=O)C=C1. The maximum absolute atomic E-state index is 10.9. The highest BCUT2D eigenvalue weighted by Crippen LogP contribution is 2.04. The molecule has 0 amide bonds. The minimum atomic E-state index is 0.00895. The Hall–Kier alpha value is -2.16. The monoisotopic (exact) mass is 226 g/mol. The van der Waals surface area contributed by atoms with Crippen LogP contribution in [0.3, 0.4) is 0 Å². The second-order valence-electron chi connectivity index (χ2n) is 3.90. The molecule has 2 rings (SSSR count). The van der Waals surface area contributed by atoms with Crippen molar-refractivity contribution in [2.45, 2.75) is 6.54 Å². The second kappa shape index (κ2) is 5.25. The first-order valence-electron chi connectivity index (χ1n) is 5.48. The average molecular weight is 226 g/mol. The Labute approximate surface area is 101 Å². The summed E-state index contributed by atoms with van der Waals surface area (Å²) < 4.78 is 0. The third-order valence-electron chi connectivity index (χ3n) is 2.38. The molecule has 3 heteroatoms. The van der Waals surface area contributed by atoms with Gasteiger partial charge in [-0.1, -0.05) is 30.3 Å². The zero-order chi connectivity index (χ0) is 12.1. The van der Waals surface area contributed by atoms with Crippen LogP contribution in [0.25, 0.3) is 0 Å².